The van der Waals surface area contributed by atoms with Crippen molar-refractivity contribution in [3.8, 4) is 0 Å². The van der Waals surface area contributed by atoms with Crippen LogP contribution in [0.25, 0.3) is 0 Å². The number of carbonyl (C=O) groups excluding carboxylic acids is 1. The van der Waals surface area contributed by atoms with E-state index in [-0.39, 0.29) is 12.1 Å². The summed E-state index contributed by atoms with van der Waals surface area (Å²) in [5.41, 5.74) is 1.16. The van der Waals surface area contributed by atoms with Gasteiger partial charge in [0, 0.05) is 44.4 Å². The van der Waals surface area contributed by atoms with Gasteiger partial charge in [-0.25, -0.2) is 9.78 Å². The molecule has 3 rings (SSSR count). The van der Waals surface area contributed by atoms with Crippen LogP contribution >= 0.6 is 0 Å². The number of urea groups is 1. The third-order valence-corrected chi connectivity index (χ3v) is 3.81. The maximum Gasteiger partial charge on any atom is 0.317 e. The number of nitrogens with zero attached hydrogens (tertiary/aromatic N) is 4. The number of rotatable bonds is 4. The van der Waals surface area contributed by atoms with Crippen molar-refractivity contribution in [1.82, 2.24) is 24.8 Å². The number of hydrogen-bond donors (Lipinski definition) is 1. The quantitative estimate of drug-likeness (QED) is 0.932. The molecule has 21 heavy (non-hydrogen) atoms. The lowest BCUT2D eigenvalue weighted by Gasteiger charge is -2.25. The van der Waals surface area contributed by atoms with E-state index < -0.39 is 0 Å². The van der Waals surface area contributed by atoms with E-state index in [1.54, 1.807) is 24.9 Å². The number of pyridine rings is 1. The Bertz CT molecular complexity index is 569. The summed E-state index contributed by atoms with van der Waals surface area (Å²) in [6.07, 6.45) is 11.0. The summed E-state index contributed by atoms with van der Waals surface area (Å²) in [6.45, 7) is 2.15. The molecular formula is C15H19N5O. The molecule has 110 valence electrons. The average molecular weight is 285 g/mol. The predicted octanol–water partition coefficient (Wildman–Crippen LogP) is 1.82. The van der Waals surface area contributed by atoms with Crippen LogP contribution in [0.4, 0.5) is 4.79 Å². The maximum atomic E-state index is 12.3. The van der Waals surface area contributed by atoms with Crippen molar-refractivity contribution in [2.24, 2.45) is 0 Å². The van der Waals surface area contributed by atoms with Crippen LogP contribution in [-0.2, 0) is 6.54 Å². The molecule has 0 aromatic carbocycles. The second-order valence-corrected chi connectivity index (χ2v) is 5.16. The summed E-state index contributed by atoms with van der Waals surface area (Å²) >= 11 is 0. The van der Waals surface area contributed by atoms with E-state index in [0.717, 1.165) is 31.5 Å². The molecule has 0 unspecified atom stereocenters. The minimum atomic E-state index is 0.00873. The van der Waals surface area contributed by atoms with Gasteiger partial charge >= 0.3 is 6.03 Å². The number of hydrogen-bond acceptors (Lipinski definition) is 3. The van der Waals surface area contributed by atoms with Gasteiger partial charge in [-0.15, -0.1) is 0 Å². The molecule has 1 atom stereocenters. The van der Waals surface area contributed by atoms with Gasteiger partial charge in [0.1, 0.15) is 0 Å². The number of aromatic nitrogens is 3. The molecule has 1 saturated heterocycles. The number of likely N-dealkylation sites (tertiary alicyclic amines) is 1. The van der Waals surface area contributed by atoms with E-state index in [2.05, 4.69) is 15.3 Å². The van der Waals surface area contributed by atoms with Gasteiger partial charge in [-0.3, -0.25) is 4.98 Å². The van der Waals surface area contributed by atoms with E-state index in [1.807, 2.05) is 27.8 Å². The lowest BCUT2D eigenvalue weighted by molar-refractivity contribution is 0.192. The summed E-state index contributed by atoms with van der Waals surface area (Å²) in [7, 11) is 0. The number of imidazole rings is 1. The van der Waals surface area contributed by atoms with Crippen LogP contribution in [-0.4, -0.2) is 38.6 Å². The van der Waals surface area contributed by atoms with Gasteiger partial charge in [-0.1, -0.05) is 0 Å². The summed E-state index contributed by atoms with van der Waals surface area (Å²) in [5.74, 6) is 0. The molecule has 0 aliphatic carbocycles. The third-order valence-electron chi connectivity index (χ3n) is 3.81. The van der Waals surface area contributed by atoms with Gasteiger partial charge in [-0.2, -0.15) is 0 Å². The molecule has 2 amide bonds. The molecular weight excluding hydrogens is 266 g/mol. The van der Waals surface area contributed by atoms with Gasteiger partial charge in [0.25, 0.3) is 0 Å². The monoisotopic (exact) mass is 285 g/mol. The minimum Gasteiger partial charge on any atom is -0.336 e. The first-order valence-electron chi connectivity index (χ1n) is 7.25. The summed E-state index contributed by atoms with van der Waals surface area (Å²) in [4.78, 5) is 22.3. The Labute approximate surface area is 123 Å². The zero-order valence-corrected chi connectivity index (χ0v) is 11.9. The normalized spacial score (nSPS) is 17.9. The molecule has 0 bridgehead atoms. The maximum absolute atomic E-state index is 12.3. The van der Waals surface area contributed by atoms with E-state index in [1.165, 1.54) is 0 Å². The van der Waals surface area contributed by atoms with Gasteiger partial charge in [-0.05, 0) is 30.5 Å². The van der Waals surface area contributed by atoms with Crippen LogP contribution in [0.15, 0.2) is 43.2 Å². The molecule has 0 radical (unpaired) electrons. The average Bonchev–Trinajstić information content (AvgIpc) is 3.19. The molecule has 1 N–H and O–H groups in total. The fraction of sp³-hybridized carbons (Fsp3) is 0.400. The first kappa shape index (κ1) is 13.6. The number of nitrogens with one attached hydrogen (secondary N) is 1. The molecule has 1 aliphatic heterocycles. The summed E-state index contributed by atoms with van der Waals surface area (Å²) in [6, 6.07) is 4.15. The van der Waals surface area contributed by atoms with Crippen molar-refractivity contribution in [3.05, 3.63) is 48.8 Å². The largest absolute Gasteiger partial charge is 0.336 e. The van der Waals surface area contributed by atoms with E-state index in [0.29, 0.717) is 6.54 Å². The van der Waals surface area contributed by atoms with Crippen molar-refractivity contribution in [3.63, 3.8) is 0 Å². The van der Waals surface area contributed by atoms with Crippen molar-refractivity contribution in [1.29, 1.82) is 0 Å². The fourth-order valence-corrected chi connectivity index (χ4v) is 2.75. The standard InChI is InChI=1S/C15H19N5O/c21-15(18-8-11-19-10-7-17-12-19)20-9-1-2-14(20)13-3-5-16-6-4-13/h3-7,10,12,14H,1-2,8-9,11H2,(H,18,21)/t14-/m1/s1. The molecule has 2 aromatic heterocycles. The lowest BCUT2D eigenvalue weighted by atomic mass is 10.1. The molecule has 2 aromatic rings. The number of amides is 2. The van der Waals surface area contributed by atoms with Crippen molar-refractivity contribution >= 4 is 6.03 Å². The summed E-state index contributed by atoms with van der Waals surface area (Å²) in [5, 5.41) is 2.99. The van der Waals surface area contributed by atoms with Crippen molar-refractivity contribution in [2.45, 2.75) is 25.4 Å². The number of carbonyl (C=O) groups is 1. The molecule has 3 heterocycles. The Hall–Kier alpha value is -2.37. The van der Waals surface area contributed by atoms with Crippen LogP contribution < -0.4 is 5.32 Å². The first-order valence-corrected chi connectivity index (χ1v) is 7.25. The third kappa shape index (κ3) is 3.21. The van der Waals surface area contributed by atoms with Crippen LogP contribution in [0.5, 0.6) is 0 Å². The Morgan fingerprint density at radius 3 is 2.90 bits per heavy atom. The van der Waals surface area contributed by atoms with Crippen molar-refractivity contribution in [2.75, 3.05) is 13.1 Å². The predicted molar refractivity (Wildman–Crippen MR) is 78.5 cm³/mol. The lowest BCUT2D eigenvalue weighted by Crippen LogP contribution is -2.40. The SMILES string of the molecule is O=C(NCCn1ccnc1)N1CCC[C@@H]1c1ccncc1. The molecule has 6 nitrogen and oxygen atoms in total. The topological polar surface area (TPSA) is 63.1 Å². The van der Waals surface area contributed by atoms with Crippen LogP contribution in [0, 0.1) is 0 Å². The minimum absolute atomic E-state index is 0.00873. The zero-order chi connectivity index (χ0) is 14.5. The van der Waals surface area contributed by atoms with Gasteiger partial charge in [0.2, 0.25) is 0 Å². The van der Waals surface area contributed by atoms with E-state index in [4.69, 9.17) is 0 Å². The zero-order valence-electron chi connectivity index (χ0n) is 11.9. The highest BCUT2D eigenvalue weighted by molar-refractivity contribution is 5.75. The van der Waals surface area contributed by atoms with E-state index >= 15 is 0 Å². The second kappa shape index (κ2) is 6.39. The van der Waals surface area contributed by atoms with E-state index in [9.17, 15) is 4.79 Å². The highest BCUT2D eigenvalue weighted by Crippen LogP contribution is 2.31. The van der Waals surface area contributed by atoms with Crippen LogP contribution in [0.3, 0.4) is 0 Å². The first-order chi connectivity index (χ1) is 10.3. The highest BCUT2D eigenvalue weighted by Gasteiger charge is 2.29. The highest BCUT2D eigenvalue weighted by atomic mass is 16.2. The second-order valence-electron chi connectivity index (χ2n) is 5.16. The Kier molecular flexibility index (Phi) is 4.14. The molecule has 1 fully saturated rings. The molecule has 1 aliphatic rings. The van der Waals surface area contributed by atoms with Gasteiger partial charge in [0.05, 0.1) is 12.4 Å². The van der Waals surface area contributed by atoms with Crippen LogP contribution in [0.2, 0.25) is 0 Å². The Morgan fingerprint density at radius 1 is 1.29 bits per heavy atom. The molecule has 6 heteroatoms. The van der Waals surface area contributed by atoms with Crippen LogP contribution in [0.1, 0.15) is 24.4 Å². The van der Waals surface area contributed by atoms with Crippen molar-refractivity contribution < 1.29 is 4.79 Å². The Balaban J connectivity index is 1.56. The fourth-order valence-electron chi connectivity index (χ4n) is 2.75. The Morgan fingerprint density at radius 2 is 2.14 bits per heavy atom. The van der Waals surface area contributed by atoms with Gasteiger partial charge in [0.15, 0.2) is 0 Å². The van der Waals surface area contributed by atoms with Gasteiger partial charge < -0.3 is 14.8 Å². The molecule has 0 saturated carbocycles. The smallest absolute Gasteiger partial charge is 0.317 e. The molecule has 0 spiro atoms. The summed E-state index contributed by atoms with van der Waals surface area (Å²) < 4.78 is 1.95.